The minimum Gasteiger partial charge on any atom is -0.289 e. The van der Waals surface area contributed by atoms with E-state index in [4.69, 9.17) is 19.6 Å². The van der Waals surface area contributed by atoms with E-state index < -0.39 is 28.1 Å². The Morgan fingerprint density at radius 2 is 0.977 bits per heavy atom. The summed E-state index contributed by atoms with van der Waals surface area (Å²) in [4.78, 5) is 46.2. The lowest BCUT2D eigenvalue weighted by molar-refractivity contribution is -0.363. The fraction of sp³-hybridized carbons (Fsp3) is 0.314. The molecule has 0 bridgehead atoms. The fourth-order valence-electron chi connectivity index (χ4n) is 4.80. The van der Waals surface area contributed by atoms with Crippen LogP contribution in [0.1, 0.15) is 79.5 Å². The molecular formula is C35H46O6Si2. The van der Waals surface area contributed by atoms with Gasteiger partial charge in [-0.1, -0.05) is 110 Å². The topological polar surface area (TPSA) is 71.1 Å². The van der Waals surface area contributed by atoms with Gasteiger partial charge in [0.15, 0.2) is 0 Å². The van der Waals surface area contributed by atoms with Gasteiger partial charge in [-0.05, 0) is 42.8 Å². The first-order chi connectivity index (χ1) is 20.8. The molecule has 0 amide bonds. The molecule has 0 aliphatic rings. The Morgan fingerprint density at radius 3 is 1.33 bits per heavy atom. The van der Waals surface area contributed by atoms with Crippen LogP contribution in [0.2, 0.25) is 12.1 Å². The highest BCUT2D eigenvalue weighted by molar-refractivity contribution is 7.00. The lowest BCUT2D eigenvalue weighted by atomic mass is 10.1. The minimum atomic E-state index is -2.02. The lowest BCUT2D eigenvalue weighted by Crippen LogP contribution is -2.43. The first-order valence-electron chi connectivity index (χ1n) is 15.0. The van der Waals surface area contributed by atoms with Crippen molar-refractivity contribution < 1.29 is 29.1 Å². The normalized spacial score (nSPS) is 11.5. The zero-order chi connectivity index (χ0) is 31.7. The number of hydrogen-bond donors (Lipinski definition) is 0. The lowest BCUT2D eigenvalue weighted by Gasteiger charge is -2.23. The van der Waals surface area contributed by atoms with Crippen molar-refractivity contribution in [1.29, 1.82) is 0 Å². The molecule has 0 N–H and O–H groups in total. The fourth-order valence-corrected chi connectivity index (χ4v) is 9.62. The maximum atomic E-state index is 12.7. The van der Waals surface area contributed by atoms with E-state index >= 15 is 0 Å². The summed E-state index contributed by atoms with van der Waals surface area (Å²) in [6.45, 7) is 24.1. The summed E-state index contributed by atoms with van der Waals surface area (Å²) < 4.78 is 0. The highest BCUT2D eigenvalue weighted by atomic mass is 28.3. The second-order valence-corrected chi connectivity index (χ2v) is 18.8. The average Bonchev–Trinajstić information content (AvgIpc) is 3.06. The summed E-state index contributed by atoms with van der Waals surface area (Å²) in [5.41, 5.74) is 8.54. The van der Waals surface area contributed by atoms with Gasteiger partial charge in [0, 0.05) is 6.42 Å². The third kappa shape index (κ3) is 9.86. The van der Waals surface area contributed by atoms with E-state index in [1.807, 2.05) is 47.1 Å². The smallest absolute Gasteiger partial charge is 0.289 e. The molecule has 0 saturated heterocycles. The number of carbonyl (C=O) groups excluding carboxylic acids is 2. The number of carbonyl (C=O) groups is 2. The largest absolute Gasteiger partial charge is 0.373 e. The van der Waals surface area contributed by atoms with Crippen molar-refractivity contribution >= 4 is 38.5 Å². The monoisotopic (exact) mass is 618 g/mol. The molecule has 0 heterocycles. The number of benzene rings is 2. The van der Waals surface area contributed by atoms with Gasteiger partial charge in [0.2, 0.25) is 0 Å². The Hall–Kier alpha value is -3.31. The molecule has 2 rings (SSSR count). The first kappa shape index (κ1) is 35.9. The third-order valence-electron chi connectivity index (χ3n) is 7.99. The molecule has 0 fully saturated rings. The van der Waals surface area contributed by atoms with Crippen molar-refractivity contribution in [3.63, 3.8) is 0 Å². The van der Waals surface area contributed by atoms with Crippen LogP contribution in [0.4, 0.5) is 0 Å². The predicted molar refractivity (Wildman–Crippen MR) is 179 cm³/mol. The number of hydrogen-bond acceptors (Lipinski definition) is 6. The zero-order valence-electron chi connectivity index (χ0n) is 25.8. The Morgan fingerprint density at radius 1 is 0.605 bits per heavy atom. The van der Waals surface area contributed by atoms with Crippen LogP contribution < -0.4 is 10.4 Å². The van der Waals surface area contributed by atoms with Gasteiger partial charge in [0.25, 0.3) is 0 Å². The van der Waals surface area contributed by atoms with Crippen molar-refractivity contribution in [2.75, 3.05) is 0 Å². The second kappa shape index (κ2) is 18.4. The molecule has 43 heavy (non-hydrogen) atoms. The number of unbranched alkanes of at least 4 members (excludes halogenated alkanes) is 5. The molecule has 0 aliphatic heterocycles. The molecule has 6 nitrogen and oxygen atoms in total. The van der Waals surface area contributed by atoms with Crippen LogP contribution in [-0.2, 0) is 19.6 Å². The average molecular weight is 619 g/mol. The van der Waals surface area contributed by atoms with E-state index in [2.05, 4.69) is 47.1 Å². The molecule has 0 atom stereocenters. The van der Waals surface area contributed by atoms with Gasteiger partial charge < -0.3 is 0 Å². The van der Waals surface area contributed by atoms with Gasteiger partial charge in [-0.25, -0.2) is 9.59 Å². The van der Waals surface area contributed by atoms with Crippen molar-refractivity contribution in [3.05, 3.63) is 122 Å². The molecule has 0 spiro atoms. The summed E-state index contributed by atoms with van der Waals surface area (Å²) >= 11 is 0. The first-order valence-corrected chi connectivity index (χ1v) is 19.7. The van der Waals surface area contributed by atoms with E-state index in [-0.39, 0.29) is 12.7 Å². The van der Waals surface area contributed by atoms with Crippen molar-refractivity contribution in [2.24, 2.45) is 0 Å². The van der Waals surface area contributed by atoms with Crippen LogP contribution in [0.3, 0.4) is 0 Å². The van der Waals surface area contributed by atoms with E-state index in [0.29, 0.717) is 17.5 Å². The summed E-state index contributed by atoms with van der Waals surface area (Å²) in [7, 11) is -4.04. The van der Waals surface area contributed by atoms with Crippen molar-refractivity contribution in [1.82, 2.24) is 0 Å². The maximum Gasteiger partial charge on any atom is 0.373 e. The quantitative estimate of drug-likeness (QED) is 0.0614. The molecule has 230 valence electrons. The molecule has 0 aliphatic carbocycles. The van der Waals surface area contributed by atoms with Crippen LogP contribution in [0.15, 0.2) is 97.6 Å². The van der Waals surface area contributed by atoms with Gasteiger partial charge in [-0.2, -0.15) is 0 Å². The van der Waals surface area contributed by atoms with Crippen LogP contribution in [0, 0.1) is 13.2 Å². The van der Waals surface area contributed by atoms with Crippen molar-refractivity contribution in [2.45, 2.75) is 70.9 Å². The highest BCUT2D eigenvalue weighted by Gasteiger charge is 2.28. The maximum absolute atomic E-state index is 12.7. The van der Waals surface area contributed by atoms with Gasteiger partial charge in [0.1, 0.15) is 16.1 Å². The second-order valence-electron chi connectivity index (χ2n) is 10.4. The Balaban J connectivity index is 2.05. The summed E-state index contributed by atoms with van der Waals surface area (Å²) in [6, 6.07) is 16.2. The molecule has 2 aromatic carbocycles. The van der Waals surface area contributed by atoms with Gasteiger partial charge in [-0.15, -0.1) is 36.1 Å². The Labute approximate surface area is 260 Å². The van der Waals surface area contributed by atoms with E-state index in [9.17, 15) is 9.59 Å². The molecule has 2 radical (unpaired) electrons. The molecule has 0 unspecified atom stereocenters. The van der Waals surface area contributed by atoms with Gasteiger partial charge in [0.05, 0.1) is 11.1 Å². The van der Waals surface area contributed by atoms with E-state index in [1.54, 1.807) is 24.3 Å². The third-order valence-corrected chi connectivity index (χ3v) is 16.1. The van der Waals surface area contributed by atoms with Crippen LogP contribution in [0.5, 0.6) is 0 Å². The minimum absolute atomic E-state index is 0.112. The molecule has 8 heteroatoms. The van der Waals surface area contributed by atoms with E-state index in [0.717, 1.165) is 54.6 Å². The Kier molecular flexibility index (Phi) is 15.3. The molecule has 2 aromatic rings. The van der Waals surface area contributed by atoms with E-state index in [1.165, 1.54) is 0 Å². The summed E-state index contributed by atoms with van der Waals surface area (Å²) in [5, 5.41) is 2.20. The van der Waals surface area contributed by atoms with Crippen LogP contribution >= 0.6 is 0 Å². The molecule has 0 saturated carbocycles. The Bertz CT molecular complexity index is 1100. The zero-order valence-corrected chi connectivity index (χ0v) is 27.8. The SMILES string of the molecule is [CH2]CCCCCCC[C](OOC(=O)c1ccc([Si](C=C)(C=C)CC)cc1)OOC(=O)c1ccc([Si](C=C)(C=C)CC)cc1. The van der Waals surface area contributed by atoms with Crippen LogP contribution in [0.25, 0.3) is 0 Å². The van der Waals surface area contributed by atoms with Gasteiger partial charge in [-0.3, -0.25) is 9.78 Å². The molecular weight excluding hydrogens is 573 g/mol. The number of rotatable bonds is 21. The van der Waals surface area contributed by atoms with Crippen LogP contribution in [-0.4, -0.2) is 28.1 Å². The standard InChI is InChI=1S/C35H46O6Si2/c1-8-15-16-17-18-19-20-33(38-40-34(36)29-21-25-31(26-22-29)42(9-2,10-3)11-4)39-41-35(37)30-23-27-32(28-24-30)43(12-5,13-6)14-7/h9-10,12-13,21-28H,1-3,5-6,8,11,14-20H2,4,7H3. The summed E-state index contributed by atoms with van der Waals surface area (Å²) in [6.07, 6.45) is 5.86. The summed E-state index contributed by atoms with van der Waals surface area (Å²) in [5.74, 6) is -1.39. The van der Waals surface area contributed by atoms with Gasteiger partial charge >= 0.3 is 18.2 Å². The molecule has 0 aromatic heterocycles. The predicted octanol–water partition coefficient (Wildman–Crippen LogP) is 7.87. The highest BCUT2D eigenvalue weighted by Crippen LogP contribution is 2.20. The van der Waals surface area contributed by atoms with Crippen molar-refractivity contribution in [3.8, 4) is 0 Å².